The maximum atomic E-state index is 5.73. The normalized spacial score (nSPS) is 20.2. The molecule has 76 valence electrons. The number of aryl methyl sites for hydroxylation is 1. The van der Waals surface area contributed by atoms with E-state index >= 15 is 0 Å². The number of aromatic nitrogens is 1. The van der Waals surface area contributed by atoms with Crippen molar-refractivity contribution >= 4 is 11.5 Å². The Labute approximate surface area is 83.7 Å². The van der Waals surface area contributed by atoms with Crippen molar-refractivity contribution in [2.45, 2.75) is 20.0 Å². The lowest BCUT2D eigenvalue weighted by molar-refractivity contribution is 0.206. The van der Waals surface area contributed by atoms with E-state index in [1.165, 1.54) is 0 Å². The SMILES string of the molecule is Cc1cc2c(nc1N)OC(C)CN2C. The minimum Gasteiger partial charge on any atom is -0.471 e. The van der Waals surface area contributed by atoms with Crippen molar-refractivity contribution in [3.63, 3.8) is 0 Å². The first-order chi connectivity index (χ1) is 6.58. The summed E-state index contributed by atoms with van der Waals surface area (Å²) < 4.78 is 5.61. The molecule has 1 aliphatic heterocycles. The Bertz CT molecular complexity index is 365. The smallest absolute Gasteiger partial charge is 0.239 e. The molecule has 2 N–H and O–H groups in total. The van der Waals surface area contributed by atoms with Crippen LogP contribution in [-0.2, 0) is 0 Å². The van der Waals surface area contributed by atoms with E-state index in [0.717, 1.165) is 17.8 Å². The number of ether oxygens (including phenoxy) is 1. The van der Waals surface area contributed by atoms with E-state index in [9.17, 15) is 0 Å². The van der Waals surface area contributed by atoms with Crippen LogP contribution in [0.1, 0.15) is 12.5 Å². The highest BCUT2D eigenvalue weighted by atomic mass is 16.5. The van der Waals surface area contributed by atoms with Crippen LogP contribution in [0.15, 0.2) is 6.07 Å². The number of hydrogen-bond acceptors (Lipinski definition) is 4. The van der Waals surface area contributed by atoms with Gasteiger partial charge in [0, 0.05) is 7.05 Å². The van der Waals surface area contributed by atoms with Gasteiger partial charge in [-0.25, -0.2) is 0 Å². The van der Waals surface area contributed by atoms with Crippen LogP contribution < -0.4 is 15.4 Å². The molecule has 1 atom stereocenters. The number of hydrogen-bond donors (Lipinski definition) is 1. The molecule has 1 aliphatic rings. The van der Waals surface area contributed by atoms with E-state index in [-0.39, 0.29) is 6.10 Å². The number of anilines is 2. The molecule has 0 amide bonds. The molecule has 0 saturated carbocycles. The lowest BCUT2D eigenvalue weighted by Crippen LogP contribution is -2.36. The van der Waals surface area contributed by atoms with Crippen LogP contribution in [0.2, 0.25) is 0 Å². The molecule has 2 rings (SSSR count). The average molecular weight is 193 g/mol. The van der Waals surface area contributed by atoms with E-state index in [1.807, 2.05) is 27.0 Å². The van der Waals surface area contributed by atoms with Gasteiger partial charge in [-0.1, -0.05) is 0 Å². The number of rotatable bonds is 0. The minimum atomic E-state index is 0.169. The zero-order valence-electron chi connectivity index (χ0n) is 8.74. The quantitative estimate of drug-likeness (QED) is 0.672. The molecule has 4 heteroatoms. The highest BCUT2D eigenvalue weighted by Crippen LogP contribution is 2.32. The standard InChI is InChI=1S/C10H15N3O/c1-6-4-8-10(12-9(6)11)14-7(2)5-13(8)3/h4,7H,5H2,1-3H3,(H2,11,12). The fourth-order valence-electron chi connectivity index (χ4n) is 1.67. The number of fused-ring (bicyclic) bond motifs is 1. The summed E-state index contributed by atoms with van der Waals surface area (Å²) in [5, 5.41) is 0. The molecular formula is C10H15N3O. The molecule has 0 fully saturated rings. The third kappa shape index (κ3) is 1.36. The van der Waals surface area contributed by atoms with E-state index in [1.54, 1.807) is 0 Å². The third-order valence-corrected chi connectivity index (χ3v) is 2.45. The maximum absolute atomic E-state index is 5.73. The molecule has 1 aromatic heterocycles. The van der Waals surface area contributed by atoms with Gasteiger partial charge in [0.15, 0.2) is 0 Å². The number of pyridine rings is 1. The Hall–Kier alpha value is -1.45. The summed E-state index contributed by atoms with van der Waals surface area (Å²) >= 11 is 0. The lowest BCUT2D eigenvalue weighted by atomic mass is 10.2. The number of likely N-dealkylation sites (N-methyl/N-ethyl adjacent to an activating group) is 1. The van der Waals surface area contributed by atoms with Gasteiger partial charge in [0.2, 0.25) is 5.88 Å². The molecule has 1 aromatic rings. The van der Waals surface area contributed by atoms with Gasteiger partial charge in [0.05, 0.1) is 6.54 Å². The van der Waals surface area contributed by atoms with E-state index < -0.39 is 0 Å². The summed E-state index contributed by atoms with van der Waals surface area (Å²) in [6.07, 6.45) is 0.169. The second-order valence-corrected chi connectivity index (χ2v) is 3.82. The molecule has 0 spiro atoms. The summed E-state index contributed by atoms with van der Waals surface area (Å²) in [7, 11) is 2.04. The van der Waals surface area contributed by atoms with Crippen LogP contribution in [0, 0.1) is 6.92 Å². The van der Waals surface area contributed by atoms with E-state index in [2.05, 4.69) is 9.88 Å². The molecule has 0 saturated heterocycles. The highest BCUT2D eigenvalue weighted by Gasteiger charge is 2.22. The zero-order chi connectivity index (χ0) is 10.3. The van der Waals surface area contributed by atoms with Crippen LogP contribution in [-0.4, -0.2) is 24.7 Å². The lowest BCUT2D eigenvalue weighted by Gasteiger charge is -2.31. The van der Waals surface area contributed by atoms with Gasteiger partial charge in [-0.3, -0.25) is 0 Å². The van der Waals surface area contributed by atoms with Gasteiger partial charge < -0.3 is 15.4 Å². The van der Waals surface area contributed by atoms with Crippen molar-refractivity contribution in [3.05, 3.63) is 11.6 Å². The van der Waals surface area contributed by atoms with Crippen molar-refractivity contribution in [3.8, 4) is 5.88 Å². The van der Waals surface area contributed by atoms with Crippen LogP contribution in [0.25, 0.3) is 0 Å². The van der Waals surface area contributed by atoms with Crippen LogP contribution in [0.3, 0.4) is 0 Å². The Balaban J connectivity index is 2.49. The largest absolute Gasteiger partial charge is 0.471 e. The first-order valence-electron chi connectivity index (χ1n) is 4.73. The van der Waals surface area contributed by atoms with Crippen molar-refractivity contribution in [1.82, 2.24) is 4.98 Å². The summed E-state index contributed by atoms with van der Waals surface area (Å²) in [6.45, 7) is 4.86. The van der Waals surface area contributed by atoms with Crippen molar-refractivity contribution < 1.29 is 4.74 Å². The van der Waals surface area contributed by atoms with Crippen LogP contribution >= 0.6 is 0 Å². The Morgan fingerprint density at radius 1 is 1.64 bits per heavy atom. The fourth-order valence-corrected chi connectivity index (χ4v) is 1.67. The minimum absolute atomic E-state index is 0.169. The highest BCUT2D eigenvalue weighted by molar-refractivity contribution is 5.62. The molecule has 1 unspecified atom stereocenters. The van der Waals surface area contributed by atoms with E-state index in [0.29, 0.717) is 11.7 Å². The molecular weight excluding hydrogens is 178 g/mol. The monoisotopic (exact) mass is 193 g/mol. The van der Waals surface area contributed by atoms with Gasteiger partial charge in [-0.2, -0.15) is 4.98 Å². The second kappa shape index (κ2) is 3.04. The number of nitrogens with zero attached hydrogens (tertiary/aromatic N) is 2. The average Bonchev–Trinajstić information content (AvgIpc) is 2.08. The predicted molar refractivity (Wildman–Crippen MR) is 56.7 cm³/mol. The first kappa shape index (κ1) is 9.12. The molecule has 0 radical (unpaired) electrons. The van der Waals surface area contributed by atoms with Crippen molar-refractivity contribution in [2.24, 2.45) is 0 Å². The first-order valence-corrected chi connectivity index (χ1v) is 4.73. The van der Waals surface area contributed by atoms with Crippen LogP contribution in [0.4, 0.5) is 11.5 Å². The summed E-state index contributed by atoms with van der Waals surface area (Å²) in [6, 6.07) is 2.02. The number of nitrogen functional groups attached to an aromatic ring is 1. The zero-order valence-corrected chi connectivity index (χ0v) is 8.74. The van der Waals surface area contributed by atoms with Gasteiger partial charge >= 0.3 is 0 Å². The molecule has 2 heterocycles. The van der Waals surface area contributed by atoms with Crippen molar-refractivity contribution in [2.75, 3.05) is 24.2 Å². The fraction of sp³-hybridized carbons (Fsp3) is 0.500. The summed E-state index contributed by atoms with van der Waals surface area (Å²) in [5.74, 6) is 1.20. The van der Waals surface area contributed by atoms with Crippen LogP contribution in [0.5, 0.6) is 5.88 Å². The topological polar surface area (TPSA) is 51.4 Å². The number of nitrogens with two attached hydrogens (primary N) is 1. The molecule has 0 aliphatic carbocycles. The van der Waals surface area contributed by atoms with Crippen molar-refractivity contribution in [1.29, 1.82) is 0 Å². The summed E-state index contributed by atoms with van der Waals surface area (Å²) in [4.78, 5) is 6.37. The maximum Gasteiger partial charge on any atom is 0.239 e. The Morgan fingerprint density at radius 2 is 2.36 bits per heavy atom. The molecule has 14 heavy (non-hydrogen) atoms. The van der Waals surface area contributed by atoms with Gasteiger partial charge in [0.25, 0.3) is 0 Å². The van der Waals surface area contributed by atoms with Gasteiger partial charge in [0.1, 0.15) is 17.6 Å². The molecule has 4 nitrogen and oxygen atoms in total. The van der Waals surface area contributed by atoms with Gasteiger partial charge in [-0.15, -0.1) is 0 Å². The molecule has 0 aromatic carbocycles. The van der Waals surface area contributed by atoms with Gasteiger partial charge in [-0.05, 0) is 25.5 Å². The summed E-state index contributed by atoms with van der Waals surface area (Å²) in [5.41, 5.74) is 7.74. The third-order valence-electron chi connectivity index (χ3n) is 2.45. The Kier molecular flexibility index (Phi) is 1.98. The second-order valence-electron chi connectivity index (χ2n) is 3.82. The molecule has 0 bridgehead atoms. The van der Waals surface area contributed by atoms with E-state index in [4.69, 9.17) is 10.5 Å². The predicted octanol–water partition coefficient (Wildman–Crippen LogP) is 1.19. The Morgan fingerprint density at radius 3 is 3.07 bits per heavy atom.